The van der Waals surface area contributed by atoms with E-state index in [2.05, 4.69) is 27.2 Å². The van der Waals surface area contributed by atoms with E-state index in [1.807, 2.05) is 25.1 Å². The Hall–Kier alpha value is -2.31. The molecule has 0 unspecified atom stereocenters. The molecule has 1 heterocycles. The van der Waals surface area contributed by atoms with Gasteiger partial charge in [0.1, 0.15) is 12.4 Å². The van der Waals surface area contributed by atoms with E-state index in [9.17, 15) is 4.79 Å². The van der Waals surface area contributed by atoms with Crippen LogP contribution in [0.1, 0.15) is 25.7 Å². The summed E-state index contributed by atoms with van der Waals surface area (Å²) in [5, 5.41) is 6.27. The van der Waals surface area contributed by atoms with Gasteiger partial charge in [-0.25, -0.2) is 9.78 Å². The van der Waals surface area contributed by atoms with Crippen LogP contribution in [0.3, 0.4) is 0 Å². The molecule has 0 aromatic carbocycles. The molecular weight excluding hydrogens is 294 g/mol. The van der Waals surface area contributed by atoms with Crippen LogP contribution >= 0.6 is 0 Å². The van der Waals surface area contributed by atoms with Gasteiger partial charge in [0.15, 0.2) is 0 Å². The van der Waals surface area contributed by atoms with Gasteiger partial charge in [-0.05, 0) is 31.7 Å². The molecule has 126 valence electrons. The second-order valence-electron chi connectivity index (χ2n) is 5.86. The van der Waals surface area contributed by atoms with Crippen molar-refractivity contribution in [2.75, 3.05) is 30.9 Å². The number of rotatable bonds is 6. The normalized spacial score (nSPS) is 20.4. The van der Waals surface area contributed by atoms with Crippen molar-refractivity contribution < 1.29 is 9.53 Å². The summed E-state index contributed by atoms with van der Waals surface area (Å²) in [6.07, 6.45) is 6.69. The summed E-state index contributed by atoms with van der Waals surface area (Å²) in [5.74, 6) is 1.53. The molecule has 0 radical (unpaired) electrons. The third-order valence-electron chi connectivity index (χ3n) is 3.81. The number of ether oxygens (including phenoxy) is 1. The topological polar surface area (TPSA) is 79.4 Å². The molecule has 0 bridgehead atoms. The number of aromatic nitrogens is 2. The first-order valence-corrected chi connectivity index (χ1v) is 7.89. The average Bonchev–Trinajstić information content (AvgIpc) is 2.55. The first-order chi connectivity index (χ1) is 11.1. The summed E-state index contributed by atoms with van der Waals surface area (Å²) in [7, 11) is 3.91. The van der Waals surface area contributed by atoms with E-state index in [0.29, 0.717) is 12.0 Å². The molecule has 0 saturated heterocycles. The summed E-state index contributed by atoms with van der Waals surface area (Å²) in [6.45, 7) is 3.76. The van der Waals surface area contributed by atoms with Crippen LogP contribution in [0.25, 0.3) is 0 Å². The summed E-state index contributed by atoms with van der Waals surface area (Å²) < 4.78 is 4.94. The average molecular weight is 319 g/mol. The van der Waals surface area contributed by atoms with Gasteiger partial charge in [-0.2, -0.15) is 4.98 Å². The molecule has 0 spiro atoms. The minimum atomic E-state index is -0.372. The molecule has 1 aromatic heterocycles. The molecule has 7 nitrogen and oxygen atoms in total. The van der Waals surface area contributed by atoms with E-state index >= 15 is 0 Å². The van der Waals surface area contributed by atoms with E-state index in [1.54, 1.807) is 12.3 Å². The molecule has 2 rings (SSSR count). The molecule has 0 atom stereocenters. The Labute approximate surface area is 137 Å². The first kappa shape index (κ1) is 17.1. The van der Waals surface area contributed by atoms with Crippen LogP contribution in [0.4, 0.5) is 16.6 Å². The zero-order chi connectivity index (χ0) is 16.7. The Morgan fingerprint density at radius 2 is 2.09 bits per heavy atom. The minimum Gasteiger partial charge on any atom is -0.445 e. The minimum absolute atomic E-state index is 0.166. The Morgan fingerprint density at radius 3 is 2.74 bits per heavy atom. The zero-order valence-electron chi connectivity index (χ0n) is 13.8. The SMILES string of the molecule is C=CCOC(=O)NC1CCC(Nc2nccc(N(C)C)n2)CC1. The number of carbonyl (C=O) groups is 1. The summed E-state index contributed by atoms with van der Waals surface area (Å²) in [5.41, 5.74) is 0. The van der Waals surface area contributed by atoms with Gasteiger partial charge < -0.3 is 20.3 Å². The lowest BCUT2D eigenvalue weighted by Crippen LogP contribution is -2.40. The predicted molar refractivity (Wildman–Crippen MR) is 90.7 cm³/mol. The summed E-state index contributed by atoms with van der Waals surface area (Å²) in [4.78, 5) is 22.2. The van der Waals surface area contributed by atoms with E-state index < -0.39 is 0 Å². The fourth-order valence-electron chi connectivity index (χ4n) is 2.58. The Morgan fingerprint density at radius 1 is 1.39 bits per heavy atom. The predicted octanol–water partition coefficient (Wildman–Crippen LogP) is 2.18. The van der Waals surface area contributed by atoms with E-state index in [-0.39, 0.29) is 18.7 Å². The number of anilines is 2. The lowest BCUT2D eigenvalue weighted by Gasteiger charge is -2.29. The van der Waals surface area contributed by atoms with Crippen LogP contribution < -0.4 is 15.5 Å². The van der Waals surface area contributed by atoms with Crippen LogP contribution in [-0.2, 0) is 4.74 Å². The number of nitrogens with zero attached hydrogens (tertiary/aromatic N) is 3. The highest BCUT2D eigenvalue weighted by molar-refractivity contribution is 5.67. The van der Waals surface area contributed by atoms with E-state index in [4.69, 9.17) is 4.74 Å². The number of hydrogen-bond donors (Lipinski definition) is 2. The monoisotopic (exact) mass is 319 g/mol. The quantitative estimate of drug-likeness (QED) is 0.782. The maximum Gasteiger partial charge on any atom is 0.407 e. The highest BCUT2D eigenvalue weighted by Gasteiger charge is 2.23. The van der Waals surface area contributed by atoms with Gasteiger partial charge in [0.2, 0.25) is 5.95 Å². The van der Waals surface area contributed by atoms with Gasteiger partial charge in [0.25, 0.3) is 0 Å². The van der Waals surface area contributed by atoms with Crippen LogP contribution in [0, 0.1) is 0 Å². The molecule has 1 fully saturated rings. The maximum atomic E-state index is 11.5. The van der Waals surface area contributed by atoms with E-state index in [1.165, 1.54) is 0 Å². The second-order valence-corrected chi connectivity index (χ2v) is 5.86. The Kier molecular flexibility index (Phi) is 6.19. The van der Waals surface area contributed by atoms with Gasteiger partial charge in [-0.15, -0.1) is 0 Å². The molecule has 1 saturated carbocycles. The van der Waals surface area contributed by atoms with Crippen LogP contribution in [0.15, 0.2) is 24.9 Å². The van der Waals surface area contributed by atoms with Crippen molar-refractivity contribution >= 4 is 17.9 Å². The molecule has 0 aliphatic heterocycles. The first-order valence-electron chi connectivity index (χ1n) is 7.89. The van der Waals surface area contributed by atoms with Gasteiger partial charge >= 0.3 is 6.09 Å². The molecule has 23 heavy (non-hydrogen) atoms. The lowest BCUT2D eigenvalue weighted by atomic mass is 9.91. The highest BCUT2D eigenvalue weighted by atomic mass is 16.5. The second kappa shape index (κ2) is 8.36. The van der Waals surface area contributed by atoms with Crippen molar-refractivity contribution in [3.05, 3.63) is 24.9 Å². The van der Waals surface area contributed by atoms with Crippen molar-refractivity contribution in [1.29, 1.82) is 0 Å². The van der Waals surface area contributed by atoms with Crippen molar-refractivity contribution in [2.45, 2.75) is 37.8 Å². The number of nitrogens with one attached hydrogen (secondary N) is 2. The molecule has 1 aliphatic rings. The smallest absolute Gasteiger partial charge is 0.407 e. The summed E-state index contributed by atoms with van der Waals surface area (Å²) >= 11 is 0. The summed E-state index contributed by atoms with van der Waals surface area (Å²) in [6, 6.07) is 2.37. The lowest BCUT2D eigenvalue weighted by molar-refractivity contribution is 0.150. The van der Waals surface area contributed by atoms with Crippen molar-refractivity contribution in [1.82, 2.24) is 15.3 Å². The van der Waals surface area contributed by atoms with Crippen molar-refractivity contribution in [3.63, 3.8) is 0 Å². The molecule has 2 N–H and O–H groups in total. The van der Waals surface area contributed by atoms with Gasteiger partial charge in [0, 0.05) is 32.4 Å². The standard InChI is InChI=1S/C16H25N5O2/c1-4-11-23-16(22)19-13-7-5-12(6-8-13)18-15-17-10-9-14(20-15)21(2)3/h4,9-10,12-13H,1,5-8,11H2,2-3H3,(H,19,22)(H,17,18,20). The Bertz CT molecular complexity index is 527. The van der Waals surface area contributed by atoms with Crippen molar-refractivity contribution in [2.24, 2.45) is 0 Å². The van der Waals surface area contributed by atoms with Crippen LogP contribution in [0.5, 0.6) is 0 Å². The van der Waals surface area contributed by atoms with Gasteiger partial charge in [-0.1, -0.05) is 12.7 Å². The fourth-order valence-corrected chi connectivity index (χ4v) is 2.58. The molecule has 7 heteroatoms. The fraction of sp³-hybridized carbons (Fsp3) is 0.562. The van der Waals surface area contributed by atoms with Crippen molar-refractivity contribution in [3.8, 4) is 0 Å². The number of carbonyl (C=O) groups excluding carboxylic acids is 1. The molecular formula is C16H25N5O2. The molecule has 1 aromatic rings. The largest absolute Gasteiger partial charge is 0.445 e. The molecule has 1 amide bonds. The molecule has 1 aliphatic carbocycles. The van der Waals surface area contributed by atoms with Gasteiger partial charge in [0.05, 0.1) is 0 Å². The maximum absolute atomic E-state index is 11.5. The van der Waals surface area contributed by atoms with E-state index in [0.717, 1.165) is 31.5 Å². The number of amides is 1. The van der Waals surface area contributed by atoms with Crippen LogP contribution in [0.2, 0.25) is 0 Å². The Balaban J connectivity index is 1.77. The van der Waals surface area contributed by atoms with Gasteiger partial charge in [-0.3, -0.25) is 0 Å². The third kappa shape index (κ3) is 5.43. The van der Waals surface area contributed by atoms with Crippen LogP contribution in [-0.4, -0.2) is 48.8 Å². The zero-order valence-corrected chi connectivity index (χ0v) is 13.8. The number of alkyl carbamates (subject to hydrolysis) is 1. The number of hydrogen-bond acceptors (Lipinski definition) is 6. The highest BCUT2D eigenvalue weighted by Crippen LogP contribution is 2.21. The third-order valence-corrected chi connectivity index (χ3v) is 3.81.